The summed E-state index contributed by atoms with van der Waals surface area (Å²) in [5.74, 6) is 0.146. The van der Waals surface area contributed by atoms with Gasteiger partial charge in [-0.05, 0) is 24.7 Å². The lowest BCUT2D eigenvalue weighted by Crippen LogP contribution is -2.35. The third-order valence-electron chi connectivity index (χ3n) is 4.50. The Morgan fingerprint density at radius 1 is 1.19 bits per heavy atom. The van der Waals surface area contributed by atoms with Crippen LogP contribution in [0.5, 0.6) is 0 Å². The fraction of sp³-hybridized carbons (Fsp3) is 0.333. The van der Waals surface area contributed by atoms with Gasteiger partial charge in [0.1, 0.15) is 0 Å². The van der Waals surface area contributed by atoms with E-state index in [0.29, 0.717) is 12.3 Å². The number of hydrogen-bond acceptors (Lipinski definition) is 4. The van der Waals surface area contributed by atoms with Crippen LogP contribution in [0.2, 0.25) is 0 Å². The molecule has 1 atom stereocenters. The van der Waals surface area contributed by atoms with Gasteiger partial charge in [0, 0.05) is 36.7 Å². The van der Waals surface area contributed by atoms with Gasteiger partial charge < -0.3 is 15.5 Å². The molecule has 2 N–H and O–H groups in total. The molecule has 2 amide bonds. The van der Waals surface area contributed by atoms with Crippen LogP contribution >= 0.6 is 11.8 Å². The molecule has 0 saturated heterocycles. The molecule has 0 aromatic heterocycles. The van der Waals surface area contributed by atoms with Gasteiger partial charge in [0.15, 0.2) is 0 Å². The van der Waals surface area contributed by atoms with Crippen LogP contribution in [0.15, 0.2) is 59.5 Å². The molecular weight excluding hydrogens is 358 g/mol. The Balaban J connectivity index is 1.41. The maximum Gasteiger partial charge on any atom is 0.228 e. The SMILES string of the molecule is CN(CCNC(=O)CC1CSc2ccccc2NC1=O)Cc1ccccc1. The molecule has 2 aromatic rings. The summed E-state index contributed by atoms with van der Waals surface area (Å²) in [6.07, 6.45) is 0.217. The number of hydrogen-bond donors (Lipinski definition) is 2. The number of nitrogens with one attached hydrogen (secondary N) is 2. The highest BCUT2D eigenvalue weighted by atomic mass is 32.2. The summed E-state index contributed by atoms with van der Waals surface area (Å²) < 4.78 is 0. The van der Waals surface area contributed by atoms with Gasteiger partial charge in [-0.1, -0.05) is 42.5 Å². The summed E-state index contributed by atoms with van der Waals surface area (Å²) >= 11 is 1.62. The monoisotopic (exact) mass is 383 g/mol. The van der Waals surface area contributed by atoms with E-state index in [1.165, 1.54) is 5.56 Å². The number of rotatable bonds is 7. The largest absolute Gasteiger partial charge is 0.355 e. The molecule has 0 radical (unpaired) electrons. The molecule has 5 nitrogen and oxygen atoms in total. The number of amides is 2. The van der Waals surface area contributed by atoms with Crippen molar-refractivity contribution in [2.45, 2.75) is 17.9 Å². The molecule has 3 rings (SSSR count). The van der Waals surface area contributed by atoms with Gasteiger partial charge in [0.05, 0.1) is 11.6 Å². The number of likely N-dealkylation sites (N-methyl/N-ethyl adjacent to an activating group) is 1. The Labute approximate surface area is 164 Å². The van der Waals surface area contributed by atoms with Crippen LogP contribution < -0.4 is 10.6 Å². The van der Waals surface area contributed by atoms with E-state index in [2.05, 4.69) is 27.7 Å². The second-order valence-electron chi connectivity index (χ2n) is 6.77. The van der Waals surface area contributed by atoms with E-state index in [4.69, 9.17) is 0 Å². The zero-order valence-electron chi connectivity index (χ0n) is 15.5. The third-order valence-corrected chi connectivity index (χ3v) is 5.73. The molecule has 1 aliphatic heterocycles. The maximum absolute atomic E-state index is 12.4. The van der Waals surface area contributed by atoms with E-state index in [0.717, 1.165) is 23.7 Å². The maximum atomic E-state index is 12.4. The summed E-state index contributed by atoms with van der Waals surface area (Å²) in [6.45, 7) is 2.18. The molecule has 0 saturated carbocycles. The number of carbonyl (C=O) groups excluding carboxylic acids is 2. The average molecular weight is 384 g/mol. The molecule has 1 unspecified atom stereocenters. The molecule has 6 heteroatoms. The van der Waals surface area contributed by atoms with Crippen molar-refractivity contribution in [2.24, 2.45) is 5.92 Å². The Morgan fingerprint density at radius 2 is 1.93 bits per heavy atom. The Hall–Kier alpha value is -2.31. The van der Waals surface area contributed by atoms with E-state index in [1.54, 1.807) is 11.8 Å². The van der Waals surface area contributed by atoms with E-state index >= 15 is 0 Å². The smallest absolute Gasteiger partial charge is 0.228 e. The third kappa shape index (κ3) is 5.84. The highest BCUT2D eigenvalue weighted by Gasteiger charge is 2.26. The van der Waals surface area contributed by atoms with Gasteiger partial charge >= 0.3 is 0 Å². The van der Waals surface area contributed by atoms with Gasteiger partial charge in [-0.2, -0.15) is 0 Å². The van der Waals surface area contributed by atoms with Crippen LogP contribution in [0.3, 0.4) is 0 Å². The van der Waals surface area contributed by atoms with Gasteiger partial charge in [-0.3, -0.25) is 9.59 Å². The number of nitrogens with zero attached hydrogens (tertiary/aromatic N) is 1. The molecule has 142 valence electrons. The van der Waals surface area contributed by atoms with E-state index in [1.807, 2.05) is 49.5 Å². The number of anilines is 1. The van der Waals surface area contributed by atoms with Gasteiger partial charge in [-0.15, -0.1) is 11.8 Å². The lowest BCUT2D eigenvalue weighted by atomic mass is 10.1. The first-order chi connectivity index (χ1) is 13.1. The Morgan fingerprint density at radius 3 is 2.74 bits per heavy atom. The first-order valence-electron chi connectivity index (χ1n) is 9.13. The predicted octanol–water partition coefficient (Wildman–Crippen LogP) is 2.99. The molecule has 0 bridgehead atoms. The molecule has 1 aliphatic rings. The summed E-state index contributed by atoms with van der Waals surface area (Å²) in [6, 6.07) is 18.0. The fourth-order valence-corrected chi connectivity index (χ4v) is 4.10. The molecule has 0 fully saturated rings. The number of thioether (sulfide) groups is 1. The van der Waals surface area contributed by atoms with Crippen molar-refractivity contribution in [1.29, 1.82) is 0 Å². The first kappa shape index (κ1) is 19.5. The zero-order chi connectivity index (χ0) is 19.1. The lowest BCUT2D eigenvalue weighted by molar-refractivity contribution is -0.126. The molecule has 27 heavy (non-hydrogen) atoms. The summed E-state index contributed by atoms with van der Waals surface area (Å²) in [5.41, 5.74) is 2.08. The van der Waals surface area contributed by atoms with Crippen molar-refractivity contribution in [2.75, 3.05) is 31.2 Å². The minimum Gasteiger partial charge on any atom is -0.355 e. The minimum atomic E-state index is -0.315. The minimum absolute atomic E-state index is 0.0742. The number of carbonyl (C=O) groups is 2. The summed E-state index contributed by atoms with van der Waals surface area (Å²) in [4.78, 5) is 27.9. The molecular formula is C21H25N3O2S. The highest BCUT2D eigenvalue weighted by Crippen LogP contribution is 2.32. The van der Waals surface area contributed by atoms with Crippen LogP contribution in [-0.4, -0.2) is 42.6 Å². The second-order valence-corrected chi connectivity index (χ2v) is 7.83. The van der Waals surface area contributed by atoms with Crippen molar-refractivity contribution in [3.63, 3.8) is 0 Å². The lowest BCUT2D eigenvalue weighted by Gasteiger charge is -2.18. The van der Waals surface area contributed by atoms with Crippen molar-refractivity contribution in [3.8, 4) is 0 Å². The predicted molar refractivity (Wildman–Crippen MR) is 110 cm³/mol. The summed E-state index contributed by atoms with van der Waals surface area (Å²) in [5, 5.41) is 5.87. The Kier molecular flexibility index (Phi) is 6.90. The number of fused-ring (bicyclic) bond motifs is 1. The number of para-hydroxylation sites is 1. The van der Waals surface area contributed by atoms with E-state index in [9.17, 15) is 9.59 Å². The standard InChI is InChI=1S/C21H25N3O2S/c1-24(14-16-7-3-2-4-8-16)12-11-22-20(25)13-17-15-27-19-10-6-5-9-18(19)23-21(17)26/h2-10,17H,11-15H2,1H3,(H,22,25)(H,23,26). The van der Waals surface area contributed by atoms with Gasteiger partial charge in [0.2, 0.25) is 11.8 Å². The fourth-order valence-electron chi connectivity index (χ4n) is 3.00. The quantitative estimate of drug-likeness (QED) is 0.772. The van der Waals surface area contributed by atoms with Crippen LogP contribution in [0, 0.1) is 5.92 Å². The van der Waals surface area contributed by atoms with E-state index < -0.39 is 0 Å². The van der Waals surface area contributed by atoms with Crippen molar-refractivity contribution in [3.05, 3.63) is 60.2 Å². The van der Waals surface area contributed by atoms with Crippen molar-refractivity contribution >= 4 is 29.3 Å². The zero-order valence-corrected chi connectivity index (χ0v) is 16.3. The molecule has 0 aliphatic carbocycles. The van der Waals surface area contributed by atoms with Crippen LogP contribution in [0.4, 0.5) is 5.69 Å². The number of benzene rings is 2. The molecule has 1 heterocycles. The van der Waals surface area contributed by atoms with Crippen molar-refractivity contribution in [1.82, 2.24) is 10.2 Å². The first-order valence-corrected chi connectivity index (χ1v) is 10.1. The van der Waals surface area contributed by atoms with Gasteiger partial charge in [0.25, 0.3) is 0 Å². The van der Waals surface area contributed by atoms with Crippen molar-refractivity contribution < 1.29 is 9.59 Å². The molecule has 2 aromatic carbocycles. The second kappa shape index (κ2) is 9.58. The normalized spacial score (nSPS) is 16.4. The molecule has 0 spiro atoms. The summed E-state index contributed by atoms with van der Waals surface area (Å²) in [7, 11) is 2.03. The van der Waals surface area contributed by atoms with Crippen LogP contribution in [0.1, 0.15) is 12.0 Å². The van der Waals surface area contributed by atoms with Crippen LogP contribution in [-0.2, 0) is 16.1 Å². The average Bonchev–Trinajstić information content (AvgIpc) is 2.81. The van der Waals surface area contributed by atoms with E-state index in [-0.39, 0.29) is 24.2 Å². The van der Waals surface area contributed by atoms with Gasteiger partial charge in [-0.25, -0.2) is 0 Å². The Bertz CT molecular complexity index is 782. The van der Waals surface area contributed by atoms with Crippen LogP contribution in [0.25, 0.3) is 0 Å². The topological polar surface area (TPSA) is 61.4 Å². The highest BCUT2D eigenvalue weighted by molar-refractivity contribution is 7.99.